The molecule has 0 unspecified atom stereocenters. The Balaban J connectivity index is 3.60. The molecular weight excluding hydrogens is 244 g/mol. The molecule has 1 aromatic rings. The van der Waals surface area contributed by atoms with Gasteiger partial charge in [-0.25, -0.2) is 4.79 Å². The molecule has 0 bridgehead atoms. The Hall–Kier alpha value is -1.30. The van der Waals surface area contributed by atoms with Crippen LogP contribution >= 0.6 is 15.9 Å². The van der Waals surface area contributed by atoms with E-state index in [1.807, 2.05) is 0 Å². The largest absolute Gasteiger partial charge is 0.501 e. The van der Waals surface area contributed by atoms with Crippen LogP contribution in [0.2, 0.25) is 0 Å². The number of hydrogen-bond acceptors (Lipinski definition) is 4. The van der Waals surface area contributed by atoms with Crippen LogP contribution in [0, 0.1) is 6.92 Å². The van der Waals surface area contributed by atoms with E-state index in [9.17, 15) is 9.59 Å². The summed E-state index contributed by atoms with van der Waals surface area (Å²) < 4.78 is 4.71. The van der Waals surface area contributed by atoms with Crippen molar-refractivity contribution in [1.82, 2.24) is 0 Å². The van der Waals surface area contributed by atoms with Gasteiger partial charge < -0.3 is 14.6 Å². The molecule has 13 heavy (non-hydrogen) atoms. The summed E-state index contributed by atoms with van der Waals surface area (Å²) in [5.41, 5.74) is -0.791. The molecule has 2 N–H and O–H groups in total. The zero-order valence-corrected chi connectivity index (χ0v) is 8.08. The van der Waals surface area contributed by atoms with Crippen molar-refractivity contribution in [2.75, 3.05) is 0 Å². The summed E-state index contributed by atoms with van der Waals surface area (Å²) in [7, 11) is 0. The van der Waals surface area contributed by atoms with Crippen LogP contribution in [0.5, 0.6) is 5.75 Å². The van der Waals surface area contributed by atoms with Crippen molar-refractivity contribution in [2.45, 2.75) is 6.92 Å². The molecule has 0 aliphatic carbocycles. The lowest BCUT2D eigenvalue weighted by molar-refractivity contribution is 0.0651. The number of hydrogen-bond donors (Lipinski definition) is 2. The number of aromatic hydroxyl groups is 1. The maximum Gasteiger partial charge on any atom is 0.375 e. The first kappa shape index (κ1) is 9.79. The van der Waals surface area contributed by atoms with Crippen molar-refractivity contribution < 1.29 is 19.4 Å². The Kier molecular flexibility index (Phi) is 2.42. The minimum absolute atomic E-state index is 0.0231. The molecule has 1 rings (SSSR count). The lowest BCUT2D eigenvalue weighted by Gasteiger charge is -2.00. The van der Waals surface area contributed by atoms with Gasteiger partial charge in [0.1, 0.15) is 10.2 Å². The van der Waals surface area contributed by atoms with Gasteiger partial charge in [0.2, 0.25) is 11.2 Å². The first-order valence-electron chi connectivity index (χ1n) is 3.20. The van der Waals surface area contributed by atoms with Gasteiger partial charge >= 0.3 is 5.97 Å². The van der Waals surface area contributed by atoms with Crippen molar-refractivity contribution in [3.8, 4) is 5.75 Å². The Morgan fingerprint density at radius 3 is 2.54 bits per heavy atom. The minimum Gasteiger partial charge on any atom is -0.501 e. The van der Waals surface area contributed by atoms with Gasteiger partial charge in [-0.3, -0.25) is 4.79 Å². The highest BCUT2D eigenvalue weighted by Gasteiger charge is 2.19. The minimum atomic E-state index is -1.48. The Labute approximate surface area is 80.7 Å². The van der Waals surface area contributed by atoms with Crippen molar-refractivity contribution in [3.05, 3.63) is 26.2 Å². The normalized spacial score (nSPS) is 10.0. The van der Waals surface area contributed by atoms with Crippen LogP contribution in [0.25, 0.3) is 0 Å². The Morgan fingerprint density at radius 2 is 2.08 bits per heavy atom. The fourth-order valence-electron chi connectivity index (χ4n) is 0.758. The van der Waals surface area contributed by atoms with E-state index in [1.54, 1.807) is 0 Å². The number of aryl methyl sites for hydroxylation is 1. The maximum atomic E-state index is 11.1. The average Bonchev–Trinajstić information content (AvgIpc) is 2.07. The van der Waals surface area contributed by atoms with Crippen LogP contribution in [0.15, 0.2) is 13.7 Å². The number of carboxylic acids is 1. The van der Waals surface area contributed by atoms with Crippen LogP contribution in [-0.4, -0.2) is 16.2 Å². The summed E-state index contributed by atoms with van der Waals surface area (Å²) in [6, 6.07) is 0. The highest BCUT2D eigenvalue weighted by molar-refractivity contribution is 9.10. The van der Waals surface area contributed by atoms with Gasteiger partial charge in [0.25, 0.3) is 5.76 Å². The first-order valence-corrected chi connectivity index (χ1v) is 4.00. The van der Waals surface area contributed by atoms with Gasteiger partial charge in [0.15, 0.2) is 0 Å². The Bertz CT molecular complexity index is 420. The van der Waals surface area contributed by atoms with Gasteiger partial charge in [-0.2, -0.15) is 0 Å². The SMILES string of the molecule is Cc1oc(C(=O)O)c(O)c(=O)c1Br. The molecule has 0 aromatic carbocycles. The molecule has 0 atom stereocenters. The first-order chi connectivity index (χ1) is 5.95. The van der Waals surface area contributed by atoms with E-state index in [1.165, 1.54) is 6.92 Å². The van der Waals surface area contributed by atoms with E-state index >= 15 is 0 Å². The monoisotopic (exact) mass is 248 g/mol. The molecular formula is C7H5BrO5. The molecule has 0 radical (unpaired) electrons. The van der Waals surface area contributed by atoms with Crippen molar-refractivity contribution >= 4 is 21.9 Å². The maximum absolute atomic E-state index is 11.1. The van der Waals surface area contributed by atoms with E-state index in [-0.39, 0.29) is 10.2 Å². The van der Waals surface area contributed by atoms with E-state index in [0.717, 1.165) is 0 Å². The third-order valence-electron chi connectivity index (χ3n) is 1.39. The van der Waals surface area contributed by atoms with E-state index < -0.39 is 22.9 Å². The molecule has 70 valence electrons. The zero-order valence-electron chi connectivity index (χ0n) is 6.50. The van der Waals surface area contributed by atoms with Crippen molar-refractivity contribution in [3.63, 3.8) is 0 Å². The highest BCUT2D eigenvalue weighted by Crippen LogP contribution is 2.19. The topological polar surface area (TPSA) is 87.7 Å². The second-order valence-corrected chi connectivity index (χ2v) is 3.08. The van der Waals surface area contributed by atoms with Crippen LogP contribution in [0.4, 0.5) is 0 Å². The van der Waals surface area contributed by atoms with Gasteiger partial charge in [-0.05, 0) is 22.9 Å². The predicted molar refractivity (Wildman–Crippen MR) is 46.0 cm³/mol. The third kappa shape index (κ3) is 1.57. The fraction of sp³-hybridized carbons (Fsp3) is 0.143. The average molecular weight is 249 g/mol. The summed E-state index contributed by atoms with van der Waals surface area (Å²) in [6.45, 7) is 1.41. The molecule has 5 nitrogen and oxygen atoms in total. The predicted octanol–water partition coefficient (Wildman–Crippen LogP) is 1.11. The van der Waals surface area contributed by atoms with Gasteiger partial charge in [0.05, 0.1) is 0 Å². The lowest BCUT2D eigenvalue weighted by atomic mass is 10.3. The number of aromatic carboxylic acids is 1. The number of carboxylic acid groups (broad SMARTS) is 1. The molecule has 1 heterocycles. The van der Waals surface area contributed by atoms with Crippen molar-refractivity contribution in [1.29, 1.82) is 0 Å². The van der Waals surface area contributed by atoms with Crippen LogP contribution in [-0.2, 0) is 0 Å². The zero-order chi connectivity index (χ0) is 10.2. The van der Waals surface area contributed by atoms with E-state index in [0.29, 0.717) is 0 Å². The Morgan fingerprint density at radius 1 is 1.54 bits per heavy atom. The second kappa shape index (κ2) is 3.21. The molecule has 0 spiro atoms. The number of rotatable bonds is 1. The van der Waals surface area contributed by atoms with Gasteiger partial charge in [-0.15, -0.1) is 0 Å². The smallest absolute Gasteiger partial charge is 0.375 e. The van der Waals surface area contributed by atoms with E-state index in [4.69, 9.17) is 10.2 Å². The highest BCUT2D eigenvalue weighted by atomic mass is 79.9. The number of carbonyl (C=O) groups is 1. The molecule has 0 saturated heterocycles. The lowest BCUT2D eigenvalue weighted by Crippen LogP contribution is -2.09. The molecule has 0 fully saturated rings. The summed E-state index contributed by atoms with van der Waals surface area (Å²) in [4.78, 5) is 21.5. The molecule has 1 aromatic heterocycles. The van der Waals surface area contributed by atoms with Gasteiger partial charge in [-0.1, -0.05) is 0 Å². The molecule has 6 heteroatoms. The third-order valence-corrected chi connectivity index (χ3v) is 2.31. The fourth-order valence-corrected chi connectivity index (χ4v) is 1.03. The second-order valence-electron chi connectivity index (χ2n) is 2.28. The summed E-state index contributed by atoms with van der Waals surface area (Å²) in [5.74, 6) is -3.01. The van der Waals surface area contributed by atoms with Crippen LogP contribution in [0.3, 0.4) is 0 Å². The van der Waals surface area contributed by atoms with Crippen LogP contribution in [0.1, 0.15) is 16.3 Å². The van der Waals surface area contributed by atoms with Crippen molar-refractivity contribution in [2.24, 2.45) is 0 Å². The van der Waals surface area contributed by atoms with Crippen LogP contribution < -0.4 is 5.43 Å². The molecule has 0 aliphatic heterocycles. The summed E-state index contributed by atoms with van der Waals surface area (Å²) in [5, 5.41) is 17.6. The summed E-state index contributed by atoms with van der Waals surface area (Å²) in [6.07, 6.45) is 0. The quantitative estimate of drug-likeness (QED) is 0.778. The standard InChI is InChI=1S/C7H5BrO5/c1-2-3(8)4(9)5(10)6(13-2)7(11)12/h10H,1H3,(H,11,12). The molecule has 0 aliphatic rings. The number of halogens is 1. The molecule has 0 saturated carbocycles. The van der Waals surface area contributed by atoms with Gasteiger partial charge in [0, 0.05) is 0 Å². The summed E-state index contributed by atoms with van der Waals surface area (Å²) >= 11 is 2.85. The van der Waals surface area contributed by atoms with E-state index in [2.05, 4.69) is 20.3 Å². The molecule has 0 amide bonds.